The molecule has 0 radical (unpaired) electrons. The third-order valence-electron chi connectivity index (χ3n) is 16.7. The molecule has 3 saturated heterocycles. The molecule has 2 unspecified atom stereocenters. The van der Waals surface area contributed by atoms with Gasteiger partial charge in [-0.25, -0.2) is 4.98 Å². The van der Waals surface area contributed by atoms with Crippen molar-refractivity contribution < 1.29 is 19.4 Å². The summed E-state index contributed by atoms with van der Waals surface area (Å²) >= 11 is 5.25. The van der Waals surface area contributed by atoms with Crippen molar-refractivity contribution in [3.8, 4) is 16.1 Å². The van der Waals surface area contributed by atoms with Crippen LogP contribution < -0.4 is 16.2 Å². The second-order valence-electron chi connectivity index (χ2n) is 22.3. The van der Waals surface area contributed by atoms with Gasteiger partial charge in [0, 0.05) is 24.0 Å². The molecule has 0 bridgehead atoms. The lowest BCUT2D eigenvalue weighted by Gasteiger charge is -2.41. The summed E-state index contributed by atoms with van der Waals surface area (Å²) in [5, 5.41) is 18.2. The summed E-state index contributed by atoms with van der Waals surface area (Å²) < 4.78 is 9.36. The number of rotatable bonds is 11. The van der Waals surface area contributed by atoms with Gasteiger partial charge in [-0.3, -0.25) is 24.3 Å². The number of halogens is 1. The van der Waals surface area contributed by atoms with Crippen molar-refractivity contribution >= 4 is 50.0 Å². The van der Waals surface area contributed by atoms with Gasteiger partial charge in [-0.2, -0.15) is 4.98 Å². The lowest BCUT2D eigenvalue weighted by atomic mass is 9.69. The van der Waals surface area contributed by atoms with Crippen LogP contribution in [-0.2, 0) is 19.7 Å². The van der Waals surface area contributed by atoms with E-state index in [-0.39, 0.29) is 54.1 Å². The summed E-state index contributed by atoms with van der Waals surface area (Å²) in [5.41, 5.74) is 9.02. The molecule has 364 valence electrons. The van der Waals surface area contributed by atoms with Crippen LogP contribution in [0.1, 0.15) is 132 Å². The molecule has 2 amide bonds. The van der Waals surface area contributed by atoms with Crippen LogP contribution >= 0.6 is 27.3 Å². The van der Waals surface area contributed by atoms with E-state index in [4.69, 9.17) is 9.72 Å². The van der Waals surface area contributed by atoms with E-state index in [1.807, 2.05) is 64.4 Å². The van der Waals surface area contributed by atoms with Crippen LogP contribution in [-0.4, -0.2) is 98.0 Å². The van der Waals surface area contributed by atoms with Gasteiger partial charge in [0.1, 0.15) is 24.2 Å². The second-order valence-corrected chi connectivity index (χ2v) is 24.0. The van der Waals surface area contributed by atoms with Crippen molar-refractivity contribution in [2.24, 2.45) is 17.3 Å². The van der Waals surface area contributed by atoms with Crippen molar-refractivity contribution in [2.75, 3.05) is 26.2 Å². The number of piperidine rings is 1. The number of ether oxygens (including phenoxy) is 1. The third-order valence-corrected chi connectivity index (χ3v) is 18.3. The highest BCUT2D eigenvalue weighted by Crippen LogP contribution is 2.53. The number of β-amino-alcohol motifs (C(OH)–C–C–N with tert-alkyl or cyclic N) is 1. The first-order valence-electron chi connectivity index (χ1n) is 25.5. The average Bonchev–Trinajstić information content (AvgIpc) is 3.61. The first-order chi connectivity index (χ1) is 33.2. The molecular formula is C55H66BrN7O5S. The summed E-state index contributed by atoms with van der Waals surface area (Å²) in [6.45, 7) is 13.5. The van der Waals surface area contributed by atoms with E-state index in [0.717, 1.165) is 109 Å². The Hall–Kier alpha value is -4.31. The Morgan fingerprint density at radius 2 is 1.77 bits per heavy atom. The topological polar surface area (TPSA) is 145 Å². The number of benzene rings is 3. The Kier molecular flexibility index (Phi) is 12.5. The van der Waals surface area contributed by atoms with Gasteiger partial charge < -0.3 is 25.0 Å². The number of thiazole rings is 1. The van der Waals surface area contributed by atoms with E-state index in [9.17, 15) is 19.5 Å². The van der Waals surface area contributed by atoms with Crippen molar-refractivity contribution in [1.82, 2.24) is 35.0 Å². The second kappa shape index (κ2) is 18.4. The van der Waals surface area contributed by atoms with Gasteiger partial charge in [-0.05, 0) is 145 Å². The van der Waals surface area contributed by atoms with Crippen LogP contribution in [0.4, 0.5) is 0 Å². The van der Waals surface area contributed by atoms with Crippen LogP contribution in [0.2, 0.25) is 0 Å². The maximum absolute atomic E-state index is 14.4. The molecule has 6 heterocycles. The average molecular weight is 1020 g/mol. The van der Waals surface area contributed by atoms with Gasteiger partial charge in [0.25, 0.3) is 5.56 Å². The molecule has 14 heteroatoms. The van der Waals surface area contributed by atoms with Crippen LogP contribution in [0.25, 0.3) is 27.0 Å². The van der Waals surface area contributed by atoms with Crippen LogP contribution in [0, 0.1) is 24.2 Å². The van der Waals surface area contributed by atoms with Gasteiger partial charge in [-0.1, -0.05) is 82.5 Å². The number of carbonyl (C=O) groups excluding carboxylic acids is 2. The number of aliphatic hydroxyl groups excluding tert-OH is 1. The Morgan fingerprint density at radius 1 is 1.01 bits per heavy atom. The molecule has 3 N–H and O–H groups in total. The quantitative estimate of drug-likeness (QED) is 0.111. The van der Waals surface area contributed by atoms with Crippen LogP contribution in [0.15, 0.2) is 75.4 Å². The summed E-state index contributed by atoms with van der Waals surface area (Å²) in [4.78, 5) is 56.4. The lowest BCUT2D eigenvalue weighted by molar-refractivity contribution is -0.142. The van der Waals surface area contributed by atoms with Crippen molar-refractivity contribution in [1.29, 1.82) is 0 Å². The highest BCUT2D eigenvalue weighted by molar-refractivity contribution is 9.10. The number of epoxide rings is 1. The number of aliphatic hydroxyl groups is 1. The molecule has 2 aliphatic carbocycles. The zero-order chi connectivity index (χ0) is 47.9. The fraction of sp³-hybridized carbons (Fsp3) is 0.545. The van der Waals surface area contributed by atoms with Crippen LogP contribution in [0.5, 0.6) is 0 Å². The minimum atomic E-state index is -0.770. The summed E-state index contributed by atoms with van der Waals surface area (Å²) in [6.07, 6.45) is 9.42. The maximum Gasteiger partial charge on any atom is 0.281 e. The van der Waals surface area contributed by atoms with E-state index >= 15 is 0 Å². The van der Waals surface area contributed by atoms with Crippen molar-refractivity contribution in [2.45, 2.75) is 147 Å². The van der Waals surface area contributed by atoms with Crippen molar-refractivity contribution in [3.63, 3.8) is 0 Å². The number of carbonyl (C=O) groups is 2. The van der Waals surface area contributed by atoms with E-state index in [2.05, 4.69) is 77.4 Å². The fourth-order valence-corrected chi connectivity index (χ4v) is 14.1. The number of hydrogen-bond donors (Lipinski definition) is 3. The molecular weight excluding hydrogens is 951 g/mol. The number of likely N-dealkylation sites (tertiary alicyclic amines) is 2. The van der Waals surface area contributed by atoms with Gasteiger partial charge >= 0.3 is 0 Å². The largest absolute Gasteiger partial charge is 0.391 e. The number of hydrogen-bond acceptors (Lipinski definition) is 10. The predicted molar refractivity (Wildman–Crippen MR) is 274 cm³/mol. The van der Waals surface area contributed by atoms with Crippen molar-refractivity contribution in [3.05, 3.63) is 109 Å². The molecule has 4 aliphatic heterocycles. The highest BCUT2D eigenvalue weighted by atomic mass is 79.9. The molecule has 2 aromatic heterocycles. The number of aryl methyl sites for hydroxylation is 1. The minimum absolute atomic E-state index is 0.0756. The molecule has 5 aromatic rings. The maximum atomic E-state index is 14.4. The standard InChI is InChI=1S/C55H66BrN7O5S/c1-31(34-12-14-36(15-13-34)47-32(2)57-30-69-47)58-49(65)44-27-39(64)29-62(44)52(67)48(54(3,4)5)59-51-46(68-51)38-24-33(25-38)28-61-22-18-35(19-23-61)37-16-17-42-40(26-37)55(20-7-6-8-21-55)53-60-50(66)45-41(56)10-9-11-43(45)63(42)53/h9-17,26,30-31,33,35,38-39,44,46,48,51,59,64H,6-8,18-25,27-29H2,1-5H3,(H,58,65)/t31-,33?,38?,39+,44-,46?,48+,51?/m0/s1. The van der Waals surface area contributed by atoms with E-state index in [1.54, 1.807) is 16.2 Å². The first-order valence-corrected chi connectivity index (χ1v) is 27.1. The van der Waals surface area contributed by atoms with Crippen LogP contribution in [0.3, 0.4) is 0 Å². The number of aromatic nitrogens is 3. The van der Waals surface area contributed by atoms with E-state index in [1.165, 1.54) is 23.2 Å². The molecule has 2 saturated carbocycles. The number of nitrogens with zero attached hydrogens (tertiary/aromatic N) is 5. The monoisotopic (exact) mass is 1020 g/mol. The first kappa shape index (κ1) is 47.0. The van der Waals surface area contributed by atoms with E-state index < -0.39 is 23.6 Å². The lowest BCUT2D eigenvalue weighted by Crippen LogP contribution is -2.57. The molecule has 3 aromatic carbocycles. The van der Waals surface area contributed by atoms with Gasteiger partial charge in [0.05, 0.1) is 56.3 Å². The molecule has 5 fully saturated rings. The summed E-state index contributed by atoms with van der Waals surface area (Å²) in [7, 11) is 0. The summed E-state index contributed by atoms with van der Waals surface area (Å²) in [6, 6.07) is 19.7. The molecule has 6 aliphatic rings. The zero-order valence-electron chi connectivity index (χ0n) is 40.5. The fourth-order valence-electron chi connectivity index (χ4n) is 12.8. The number of nitrogens with one attached hydrogen (secondary N) is 2. The molecule has 6 atom stereocenters. The molecule has 11 rings (SSSR count). The van der Waals surface area contributed by atoms with Gasteiger partial charge in [0.2, 0.25) is 11.8 Å². The molecule has 1 spiro atoms. The smallest absolute Gasteiger partial charge is 0.281 e. The Bertz CT molecular complexity index is 2820. The number of amides is 2. The Morgan fingerprint density at radius 3 is 2.48 bits per heavy atom. The molecule has 12 nitrogen and oxygen atoms in total. The normalized spacial score (nSPS) is 26.4. The number of fused-ring (bicyclic) bond motifs is 7. The zero-order valence-corrected chi connectivity index (χ0v) is 43.0. The minimum Gasteiger partial charge on any atom is -0.391 e. The Labute approximate surface area is 417 Å². The predicted octanol–water partition coefficient (Wildman–Crippen LogP) is 8.92. The Balaban J connectivity index is 0.675. The van der Waals surface area contributed by atoms with E-state index in [0.29, 0.717) is 23.1 Å². The SMILES string of the molecule is Cc1ncsc1-c1ccc([C@H](C)NC(=O)[C@@H]2C[C@@H](O)CN2C(=O)[C@@H](NC2OC2C2CC(CN3CCC(c4ccc5c(c4)C4(CCCCC4)c4nc(=O)c6c(Br)cccc6n4-5)CC3)C2)C(C)(C)C)cc1. The molecule has 69 heavy (non-hydrogen) atoms. The van der Waals surface area contributed by atoms with Gasteiger partial charge in [-0.15, -0.1) is 11.3 Å². The summed E-state index contributed by atoms with van der Waals surface area (Å²) in [5.74, 6) is 2.11. The third kappa shape index (κ3) is 8.72. The highest BCUT2D eigenvalue weighted by Gasteiger charge is 2.54. The van der Waals surface area contributed by atoms with Gasteiger partial charge in [0.15, 0.2) is 0 Å².